The summed E-state index contributed by atoms with van der Waals surface area (Å²) < 4.78 is 0. The van der Waals surface area contributed by atoms with Gasteiger partial charge in [0.25, 0.3) is 0 Å². The molecule has 1 fully saturated rings. The van der Waals surface area contributed by atoms with Crippen molar-refractivity contribution in [3.05, 3.63) is 17.6 Å². The van der Waals surface area contributed by atoms with Crippen molar-refractivity contribution in [3.8, 4) is 0 Å². The number of nitrogens with one attached hydrogen (secondary N) is 1. The molecular formula is C15H26N4. The van der Waals surface area contributed by atoms with Crippen LogP contribution in [0, 0.1) is 5.92 Å². The molecule has 1 aliphatic carbocycles. The molecule has 1 saturated carbocycles. The van der Waals surface area contributed by atoms with Crippen molar-refractivity contribution in [1.82, 2.24) is 9.97 Å². The van der Waals surface area contributed by atoms with E-state index in [1.807, 2.05) is 6.07 Å². The van der Waals surface area contributed by atoms with Crippen LogP contribution in [0.25, 0.3) is 0 Å². The van der Waals surface area contributed by atoms with Gasteiger partial charge in [-0.3, -0.25) is 0 Å². The Morgan fingerprint density at radius 2 is 1.95 bits per heavy atom. The van der Waals surface area contributed by atoms with Crippen LogP contribution in [-0.4, -0.2) is 9.97 Å². The van der Waals surface area contributed by atoms with E-state index in [1.165, 1.54) is 32.1 Å². The fraction of sp³-hybridized carbons (Fsp3) is 0.733. The zero-order valence-corrected chi connectivity index (χ0v) is 12.3. The molecular weight excluding hydrogens is 236 g/mol. The van der Waals surface area contributed by atoms with Gasteiger partial charge in [0.2, 0.25) is 0 Å². The first kappa shape index (κ1) is 14.3. The van der Waals surface area contributed by atoms with E-state index in [-0.39, 0.29) is 0 Å². The lowest BCUT2D eigenvalue weighted by Gasteiger charge is -2.27. The summed E-state index contributed by atoms with van der Waals surface area (Å²) in [6.45, 7) is 6.60. The monoisotopic (exact) mass is 262 g/mol. The third kappa shape index (κ3) is 3.44. The summed E-state index contributed by atoms with van der Waals surface area (Å²) in [6.07, 6.45) is 6.34. The van der Waals surface area contributed by atoms with Gasteiger partial charge in [-0.1, -0.05) is 27.2 Å². The minimum Gasteiger partial charge on any atom is -0.308 e. The summed E-state index contributed by atoms with van der Waals surface area (Å²) in [7, 11) is 0. The molecule has 19 heavy (non-hydrogen) atoms. The predicted molar refractivity (Wildman–Crippen MR) is 78.9 cm³/mol. The lowest BCUT2D eigenvalue weighted by Crippen LogP contribution is -2.18. The van der Waals surface area contributed by atoms with Crippen LogP contribution in [0.3, 0.4) is 0 Å². The van der Waals surface area contributed by atoms with Crippen molar-refractivity contribution in [2.24, 2.45) is 11.8 Å². The Hall–Kier alpha value is -1.16. The second kappa shape index (κ2) is 6.33. The summed E-state index contributed by atoms with van der Waals surface area (Å²) in [5, 5.41) is 0. The van der Waals surface area contributed by atoms with E-state index in [0.717, 1.165) is 23.3 Å². The number of nitrogens with two attached hydrogens (primary N) is 1. The number of nitrogen functional groups attached to an aromatic ring is 1. The molecule has 0 unspecified atom stereocenters. The molecule has 4 heteroatoms. The second-order valence-electron chi connectivity index (χ2n) is 5.96. The average molecular weight is 262 g/mol. The minimum atomic E-state index is 0.404. The van der Waals surface area contributed by atoms with Gasteiger partial charge in [-0.05, 0) is 37.5 Å². The highest BCUT2D eigenvalue weighted by atomic mass is 15.3. The van der Waals surface area contributed by atoms with Crippen LogP contribution < -0.4 is 11.3 Å². The van der Waals surface area contributed by atoms with E-state index < -0.39 is 0 Å². The van der Waals surface area contributed by atoms with E-state index in [4.69, 9.17) is 10.8 Å². The highest BCUT2D eigenvalue weighted by Crippen LogP contribution is 2.36. The van der Waals surface area contributed by atoms with Gasteiger partial charge < -0.3 is 5.43 Å². The summed E-state index contributed by atoms with van der Waals surface area (Å²) in [5.41, 5.74) is 3.75. The molecule has 0 spiro atoms. The van der Waals surface area contributed by atoms with E-state index in [2.05, 4.69) is 31.2 Å². The first-order chi connectivity index (χ1) is 9.13. The van der Waals surface area contributed by atoms with Crippen LogP contribution in [0.15, 0.2) is 6.07 Å². The highest BCUT2D eigenvalue weighted by molar-refractivity contribution is 5.36. The van der Waals surface area contributed by atoms with E-state index in [0.29, 0.717) is 11.8 Å². The zero-order chi connectivity index (χ0) is 13.8. The third-order valence-corrected chi connectivity index (χ3v) is 4.29. The molecule has 0 radical (unpaired) electrons. The van der Waals surface area contributed by atoms with Crippen molar-refractivity contribution in [1.29, 1.82) is 0 Å². The molecule has 0 aromatic carbocycles. The number of hydrogen-bond donors (Lipinski definition) is 2. The smallest absolute Gasteiger partial charge is 0.143 e. The van der Waals surface area contributed by atoms with Crippen LogP contribution in [0.5, 0.6) is 0 Å². The summed E-state index contributed by atoms with van der Waals surface area (Å²) in [6, 6.07) is 1.95. The Morgan fingerprint density at radius 1 is 1.26 bits per heavy atom. The third-order valence-electron chi connectivity index (χ3n) is 4.29. The molecule has 2 rings (SSSR count). The number of hydrazine groups is 1. The Kier molecular flexibility index (Phi) is 4.75. The van der Waals surface area contributed by atoms with Crippen molar-refractivity contribution in [2.45, 2.75) is 64.7 Å². The van der Waals surface area contributed by atoms with Crippen molar-refractivity contribution < 1.29 is 0 Å². The molecule has 0 aliphatic heterocycles. The molecule has 4 nitrogen and oxygen atoms in total. The van der Waals surface area contributed by atoms with E-state index in [9.17, 15) is 0 Å². The van der Waals surface area contributed by atoms with Gasteiger partial charge in [0.1, 0.15) is 11.6 Å². The number of hydrogen-bond acceptors (Lipinski definition) is 4. The van der Waals surface area contributed by atoms with Crippen LogP contribution >= 0.6 is 0 Å². The molecule has 1 aliphatic rings. The normalized spacial score (nSPS) is 23.6. The molecule has 0 saturated heterocycles. The SMILES string of the molecule is CCC1CCC(c2nc(NN)cc(C(C)C)n2)CC1. The van der Waals surface area contributed by atoms with Gasteiger partial charge in [-0.2, -0.15) is 0 Å². The number of rotatable bonds is 4. The lowest BCUT2D eigenvalue weighted by molar-refractivity contribution is 0.312. The Bertz CT molecular complexity index is 409. The summed E-state index contributed by atoms with van der Waals surface area (Å²) in [4.78, 5) is 9.31. The van der Waals surface area contributed by atoms with E-state index >= 15 is 0 Å². The molecule has 0 amide bonds. The van der Waals surface area contributed by atoms with Crippen LogP contribution in [0.2, 0.25) is 0 Å². The Morgan fingerprint density at radius 3 is 2.47 bits per heavy atom. The van der Waals surface area contributed by atoms with Crippen LogP contribution in [-0.2, 0) is 0 Å². The van der Waals surface area contributed by atoms with Crippen molar-refractivity contribution in [3.63, 3.8) is 0 Å². The van der Waals surface area contributed by atoms with Crippen molar-refractivity contribution >= 4 is 5.82 Å². The molecule has 1 aromatic rings. The van der Waals surface area contributed by atoms with Gasteiger partial charge in [-0.25, -0.2) is 15.8 Å². The molecule has 3 N–H and O–H groups in total. The molecule has 106 valence electrons. The number of anilines is 1. The largest absolute Gasteiger partial charge is 0.308 e. The molecule has 0 atom stereocenters. The minimum absolute atomic E-state index is 0.404. The highest BCUT2D eigenvalue weighted by Gasteiger charge is 2.24. The van der Waals surface area contributed by atoms with Gasteiger partial charge >= 0.3 is 0 Å². The maximum atomic E-state index is 5.52. The predicted octanol–water partition coefficient (Wildman–Crippen LogP) is 3.57. The lowest BCUT2D eigenvalue weighted by atomic mass is 9.80. The van der Waals surface area contributed by atoms with Crippen LogP contribution in [0.1, 0.15) is 76.2 Å². The van der Waals surface area contributed by atoms with Gasteiger partial charge in [0.05, 0.1) is 0 Å². The Labute approximate surface area is 116 Å². The fourth-order valence-electron chi connectivity index (χ4n) is 2.87. The molecule has 1 aromatic heterocycles. The Balaban J connectivity index is 2.17. The standard InChI is InChI=1S/C15H26N4/c1-4-11-5-7-12(8-6-11)15-17-13(10(2)3)9-14(18-15)19-16/h9-12H,4-8,16H2,1-3H3,(H,17,18,19). The summed E-state index contributed by atoms with van der Waals surface area (Å²) in [5.74, 6) is 9.05. The first-order valence-electron chi connectivity index (χ1n) is 7.49. The fourth-order valence-corrected chi connectivity index (χ4v) is 2.87. The van der Waals surface area contributed by atoms with Crippen molar-refractivity contribution in [2.75, 3.05) is 5.43 Å². The number of nitrogens with zero attached hydrogens (tertiary/aromatic N) is 2. The average Bonchev–Trinajstić information content (AvgIpc) is 2.46. The maximum absolute atomic E-state index is 5.52. The van der Waals surface area contributed by atoms with Gasteiger partial charge in [0, 0.05) is 17.7 Å². The van der Waals surface area contributed by atoms with E-state index in [1.54, 1.807) is 0 Å². The maximum Gasteiger partial charge on any atom is 0.143 e. The second-order valence-corrected chi connectivity index (χ2v) is 5.96. The molecule has 0 bridgehead atoms. The number of aromatic nitrogens is 2. The first-order valence-corrected chi connectivity index (χ1v) is 7.49. The molecule has 1 heterocycles. The zero-order valence-electron chi connectivity index (χ0n) is 12.3. The quantitative estimate of drug-likeness (QED) is 0.643. The topological polar surface area (TPSA) is 63.8 Å². The van der Waals surface area contributed by atoms with Crippen LogP contribution in [0.4, 0.5) is 5.82 Å². The van der Waals surface area contributed by atoms with Gasteiger partial charge in [0.15, 0.2) is 0 Å². The van der Waals surface area contributed by atoms with Gasteiger partial charge in [-0.15, -0.1) is 0 Å². The summed E-state index contributed by atoms with van der Waals surface area (Å²) >= 11 is 0.